The second-order valence-corrected chi connectivity index (χ2v) is 5.64. The van der Waals surface area contributed by atoms with E-state index in [0.29, 0.717) is 0 Å². The van der Waals surface area contributed by atoms with Gasteiger partial charge >= 0.3 is 0 Å². The maximum atomic E-state index is 6.05. The molecule has 1 atom stereocenters. The third kappa shape index (κ3) is 1.45. The fourth-order valence-electron chi connectivity index (χ4n) is 2.67. The summed E-state index contributed by atoms with van der Waals surface area (Å²) in [6.07, 6.45) is 3.41. The minimum Gasteiger partial charge on any atom is -0.368 e. The Morgan fingerprint density at radius 1 is 1.60 bits per heavy atom. The smallest absolute Gasteiger partial charge is 0.108 e. The molecule has 1 spiro atoms. The molecule has 1 N–H and O–H groups in total. The number of rotatable bonds is 1. The van der Waals surface area contributed by atoms with Crippen molar-refractivity contribution in [2.24, 2.45) is 0 Å². The minimum atomic E-state index is 0.0253. The Bertz CT molecular complexity index is 366. The molecule has 0 aliphatic carbocycles. The first-order chi connectivity index (χ1) is 7.34. The lowest BCUT2D eigenvalue weighted by Crippen LogP contribution is -2.36. The van der Waals surface area contributed by atoms with Crippen LogP contribution in [0.5, 0.6) is 0 Å². The van der Waals surface area contributed by atoms with Crippen LogP contribution >= 0.6 is 11.3 Å². The second-order valence-electron chi connectivity index (χ2n) is 4.42. The summed E-state index contributed by atoms with van der Waals surface area (Å²) in [5.41, 5.74) is 1.51. The lowest BCUT2D eigenvalue weighted by molar-refractivity contribution is -0.0438. The Labute approximate surface area is 94.6 Å². The zero-order valence-corrected chi connectivity index (χ0v) is 9.95. The molecule has 2 nitrogen and oxygen atoms in total. The molecule has 0 amide bonds. The molecule has 1 aromatic heterocycles. The predicted molar refractivity (Wildman–Crippen MR) is 62.5 cm³/mol. The molecule has 1 saturated heterocycles. The highest BCUT2D eigenvalue weighted by Crippen LogP contribution is 2.41. The van der Waals surface area contributed by atoms with E-state index in [2.05, 4.69) is 18.3 Å². The normalized spacial score (nSPS) is 29.7. The van der Waals surface area contributed by atoms with E-state index in [9.17, 15) is 0 Å². The van der Waals surface area contributed by atoms with Gasteiger partial charge in [-0.2, -0.15) is 0 Å². The largest absolute Gasteiger partial charge is 0.368 e. The molecule has 15 heavy (non-hydrogen) atoms. The standard InChI is InChI=1S/C12H17NOS/c1-2-9-7-10-11(15-9)3-6-14-12(10)4-5-13-8-12/h7,13H,2-6,8H2,1H3/t12-/m1/s1. The summed E-state index contributed by atoms with van der Waals surface area (Å²) >= 11 is 1.99. The van der Waals surface area contributed by atoms with Gasteiger partial charge in [-0.25, -0.2) is 0 Å². The Morgan fingerprint density at radius 3 is 3.27 bits per heavy atom. The number of hydrogen-bond acceptors (Lipinski definition) is 3. The van der Waals surface area contributed by atoms with Gasteiger partial charge in [0.05, 0.1) is 6.61 Å². The third-order valence-corrected chi connectivity index (χ3v) is 4.86. The quantitative estimate of drug-likeness (QED) is 0.787. The van der Waals surface area contributed by atoms with E-state index in [1.54, 1.807) is 4.88 Å². The van der Waals surface area contributed by atoms with Crippen LogP contribution < -0.4 is 5.32 Å². The Morgan fingerprint density at radius 2 is 2.53 bits per heavy atom. The highest BCUT2D eigenvalue weighted by molar-refractivity contribution is 7.12. The molecule has 2 aliphatic heterocycles. The molecule has 3 heteroatoms. The van der Waals surface area contributed by atoms with Gasteiger partial charge < -0.3 is 10.1 Å². The van der Waals surface area contributed by atoms with E-state index in [1.165, 1.54) is 10.4 Å². The van der Waals surface area contributed by atoms with Gasteiger partial charge in [0.2, 0.25) is 0 Å². The molecule has 1 fully saturated rings. The summed E-state index contributed by atoms with van der Waals surface area (Å²) in [7, 11) is 0. The van der Waals surface area contributed by atoms with Gasteiger partial charge in [0.15, 0.2) is 0 Å². The van der Waals surface area contributed by atoms with Crippen LogP contribution in [0.25, 0.3) is 0 Å². The molecule has 1 aromatic rings. The summed E-state index contributed by atoms with van der Waals surface area (Å²) in [5, 5.41) is 3.43. The van der Waals surface area contributed by atoms with Crippen LogP contribution in [0, 0.1) is 0 Å². The Balaban J connectivity index is 2.05. The van der Waals surface area contributed by atoms with Crippen molar-refractivity contribution in [3.05, 3.63) is 21.4 Å². The van der Waals surface area contributed by atoms with E-state index in [0.717, 1.165) is 39.0 Å². The molecule has 0 saturated carbocycles. The first-order valence-electron chi connectivity index (χ1n) is 5.81. The van der Waals surface area contributed by atoms with E-state index in [-0.39, 0.29) is 5.60 Å². The highest BCUT2D eigenvalue weighted by Gasteiger charge is 2.41. The maximum absolute atomic E-state index is 6.05. The molecule has 82 valence electrons. The van der Waals surface area contributed by atoms with E-state index in [1.807, 2.05) is 11.3 Å². The summed E-state index contributed by atoms with van der Waals surface area (Å²) < 4.78 is 6.05. The summed E-state index contributed by atoms with van der Waals surface area (Å²) in [5.74, 6) is 0. The molecule has 0 aromatic carbocycles. The van der Waals surface area contributed by atoms with E-state index in [4.69, 9.17) is 4.74 Å². The van der Waals surface area contributed by atoms with Crippen LogP contribution in [0.4, 0.5) is 0 Å². The van der Waals surface area contributed by atoms with Gasteiger partial charge in [-0.3, -0.25) is 0 Å². The first kappa shape index (κ1) is 9.82. The lowest BCUT2D eigenvalue weighted by Gasteiger charge is -2.33. The van der Waals surface area contributed by atoms with Crippen molar-refractivity contribution in [3.8, 4) is 0 Å². The second kappa shape index (κ2) is 3.58. The zero-order chi connectivity index (χ0) is 10.3. The molecule has 2 aliphatic rings. The van der Waals surface area contributed by atoms with Crippen molar-refractivity contribution in [1.82, 2.24) is 5.32 Å². The van der Waals surface area contributed by atoms with Crippen LogP contribution in [-0.2, 0) is 23.2 Å². The van der Waals surface area contributed by atoms with Gasteiger partial charge in [0.25, 0.3) is 0 Å². The minimum absolute atomic E-state index is 0.0253. The number of fused-ring (bicyclic) bond motifs is 2. The van der Waals surface area contributed by atoms with Gasteiger partial charge in [-0.15, -0.1) is 11.3 Å². The summed E-state index contributed by atoms with van der Waals surface area (Å²) in [4.78, 5) is 3.08. The van der Waals surface area contributed by atoms with Crippen molar-refractivity contribution in [2.45, 2.75) is 31.8 Å². The average molecular weight is 223 g/mol. The number of nitrogens with one attached hydrogen (secondary N) is 1. The SMILES string of the molecule is CCc1cc2c(s1)CCO[C@@]21CCNC1. The van der Waals surface area contributed by atoms with Gasteiger partial charge in [0, 0.05) is 22.7 Å². The first-order valence-corrected chi connectivity index (χ1v) is 6.62. The molecule has 0 unspecified atom stereocenters. The van der Waals surface area contributed by atoms with Crippen LogP contribution in [-0.4, -0.2) is 19.7 Å². The summed E-state index contributed by atoms with van der Waals surface area (Å²) in [6.45, 7) is 5.23. The van der Waals surface area contributed by atoms with E-state index < -0.39 is 0 Å². The van der Waals surface area contributed by atoms with Crippen LogP contribution in [0.15, 0.2) is 6.07 Å². The fraction of sp³-hybridized carbons (Fsp3) is 0.667. The Hall–Kier alpha value is -0.380. The number of hydrogen-bond donors (Lipinski definition) is 1. The molecular formula is C12H17NOS. The lowest BCUT2D eigenvalue weighted by atomic mass is 9.90. The van der Waals surface area contributed by atoms with Crippen molar-refractivity contribution in [2.75, 3.05) is 19.7 Å². The summed E-state index contributed by atoms with van der Waals surface area (Å²) in [6, 6.07) is 2.38. The average Bonchev–Trinajstić information content (AvgIpc) is 2.86. The maximum Gasteiger partial charge on any atom is 0.108 e. The van der Waals surface area contributed by atoms with Crippen molar-refractivity contribution < 1.29 is 4.74 Å². The molecular weight excluding hydrogens is 206 g/mol. The van der Waals surface area contributed by atoms with Gasteiger partial charge in [-0.05, 0) is 31.0 Å². The van der Waals surface area contributed by atoms with Crippen LogP contribution in [0.3, 0.4) is 0 Å². The molecule has 3 heterocycles. The number of thiophene rings is 1. The molecule has 3 rings (SSSR count). The van der Waals surface area contributed by atoms with Gasteiger partial charge in [0.1, 0.15) is 5.60 Å². The molecule has 0 bridgehead atoms. The van der Waals surface area contributed by atoms with Crippen LogP contribution in [0.2, 0.25) is 0 Å². The predicted octanol–water partition coefficient (Wildman–Crippen LogP) is 2.07. The van der Waals surface area contributed by atoms with Crippen molar-refractivity contribution in [3.63, 3.8) is 0 Å². The monoisotopic (exact) mass is 223 g/mol. The Kier molecular flexibility index (Phi) is 2.34. The number of aryl methyl sites for hydroxylation is 1. The topological polar surface area (TPSA) is 21.3 Å². The fourth-order valence-corrected chi connectivity index (χ4v) is 3.85. The number of ether oxygens (including phenoxy) is 1. The highest BCUT2D eigenvalue weighted by atomic mass is 32.1. The van der Waals surface area contributed by atoms with Crippen molar-refractivity contribution in [1.29, 1.82) is 0 Å². The van der Waals surface area contributed by atoms with Crippen molar-refractivity contribution >= 4 is 11.3 Å². The van der Waals surface area contributed by atoms with Crippen LogP contribution in [0.1, 0.15) is 28.7 Å². The van der Waals surface area contributed by atoms with E-state index >= 15 is 0 Å². The van der Waals surface area contributed by atoms with Gasteiger partial charge in [-0.1, -0.05) is 6.92 Å². The third-order valence-electron chi connectivity index (χ3n) is 3.52. The molecule has 0 radical (unpaired) electrons. The zero-order valence-electron chi connectivity index (χ0n) is 9.14.